The Kier molecular flexibility index (Phi) is 17.4. The van der Waals surface area contributed by atoms with Crippen molar-refractivity contribution in [3.05, 3.63) is 47.8 Å². The molecule has 0 radical (unpaired) electrons. The number of carbonyl (C=O) groups is 1. The van der Waals surface area contributed by atoms with E-state index in [-0.39, 0.29) is 18.0 Å². The fourth-order valence-electron chi connectivity index (χ4n) is 3.54. The van der Waals surface area contributed by atoms with E-state index in [4.69, 9.17) is 30.5 Å². The summed E-state index contributed by atoms with van der Waals surface area (Å²) >= 11 is 5.64. The minimum absolute atomic E-state index is 0.125. The van der Waals surface area contributed by atoms with Crippen molar-refractivity contribution in [3.8, 4) is 11.4 Å². The van der Waals surface area contributed by atoms with E-state index < -0.39 is 11.7 Å². The molecule has 0 aliphatic carbocycles. The second kappa shape index (κ2) is 20.5. The normalized spacial score (nSPS) is 11.6. The maximum atomic E-state index is 13.0. The molecule has 2 aromatic heterocycles. The Bertz CT molecular complexity index is 969. The molecule has 0 saturated heterocycles. The first kappa shape index (κ1) is 33.9. The van der Waals surface area contributed by atoms with Gasteiger partial charge in [0.1, 0.15) is 0 Å². The summed E-state index contributed by atoms with van der Waals surface area (Å²) in [5.41, 5.74) is 0.433. The van der Waals surface area contributed by atoms with Gasteiger partial charge in [0.15, 0.2) is 0 Å². The molecule has 2 rings (SSSR count). The highest BCUT2D eigenvalue weighted by Gasteiger charge is 2.30. The topological polar surface area (TPSA) is 91.8 Å². The number of hydrogen-bond acceptors (Lipinski definition) is 7. The highest BCUT2D eigenvalue weighted by Crippen LogP contribution is 2.30. The molecule has 0 bridgehead atoms. The summed E-state index contributed by atoms with van der Waals surface area (Å²) in [6.45, 7) is 4.38. The summed E-state index contributed by atoms with van der Waals surface area (Å²) in [7, 11) is 0. The molecule has 1 N–H and O–H groups in total. The summed E-state index contributed by atoms with van der Waals surface area (Å²) in [6.07, 6.45) is 3.16. The van der Waals surface area contributed by atoms with Gasteiger partial charge >= 0.3 is 6.18 Å². The third kappa shape index (κ3) is 15.5. The predicted octanol–water partition coefficient (Wildman–Crippen LogP) is 5.08. The Morgan fingerprint density at radius 2 is 1.35 bits per heavy atom. The van der Waals surface area contributed by atoms with E-state index in [1.54, 1.807) is 12.1 Å². The quantitative estimate of drug-likeness (QED) is 0.151. The van der Waals surface area contributed by atoms with Crippen LogP contribution in [0, 0.1) is 0 Å². The maximum Gasteiger partial charge on any atom is 0.416 e. The number of hydrogen-bond donors (Lipinski definition) is 1. The number of amides is 1. The van der Waals surface area contributed by atoms with Gasteiger partial charge in [-0.2, -0.15) is 13.2 Å². The van der Waals surface area contributed by atoms with Gasteiger partial charge in [-0.25, -0.2) is 0 Å². The van der Waals surface area contributed by atoms with E-state index in [9.17, 15) is 18.0 Å². The van der Waals surface area contributed by atoms with Crippen molar-refractivity contribution in [2.24, 2.45) is 0 Å². The van der Waals surface area contributed by atoms with Crippen LogP contribution in [0.1, 0.15) is 43.2 Å². The van der Waals surface area contributed by atoms with Crippen molar-refractivity contribution < 1.29 is 36.9 Å². The van der Waals surface area contributed by atoms with Gasteiger partial charge in [0, 0.05) is 37.8 Å². The number of aryl methyl sites for hydroxylation is 1. The van der Waals surface area contributed by atoms with Crippen molar-refractivity contribution in [2.45, 2.75) is 44.7 Å². The van der Waals surface area contributed by atoms with Gasteiger partial charge in [-0.15, -0.1) is 11.6 Å². The molecule has 0 saturated carbocycles. The molecule has 2 aromatic rings. The van der Waals surface area contributed by atoms with Crippen LogP contribution in [-0.2, 0) is 36.3 Å². The Morgan fingerprint density at radius 3 is 2.00 bits per heavy atom. The maximum absolute atomic E-state index is 13.0. The first-order valence-corrected chi connectivity index (χ1v) is 14.1. The number of pyridine rings is 2. The van der Waals surface area contributed by atoms with Crippen molar-refractivity contribution in [2.75, 3.05) is 65.3 Å². The van der Waals surface area contributed by atoms with Gasteiger partial charge in [-0.1, -0.05) is 12.8 Å². The summed E-state index contributed by atoms with van der Waals surface area (Å²) in [6, 6.07) is 5.24. The van der Waals surface area contributed by atoms with Crippen LogP contribution >= 0.6 is 11.6 Å². The van der Waals surface area contributed by atoms with Crippen LogP contribution in [0.5, 0.6) is 0 Å². The summed E-state index contributed by atoms with van der Waals surface area (Å²) < 4.78 is 60.8. The Hall–Kier alpha value is -2.31. The largest absolute Gasteiger partial charge is 0.416 e. The number of alkyl halides is 4. The fraction of sp³-hybridized carbons (Fsp3) is 0.607. The molecule has 12 heteroatoms. The zero-order chi connectivity index (χ0) is 28.9. The number of halogens is 4. The number of ether oxygens (including phenoxy) is 4. The van der Waals surface area contributed by atoms with Gasteiger partial charge in [0.25, 0.3) is 0 Å². The number of carbonyl (C=O) groups excluding carboxylic acids is 1. The van der Waals surface area contributed by atoms with Crippen molar-refractivity contribution in [1.82, 2.24) is 15.3 Å². The molecule has 0 atom stereocenters. The third-order valence-electron chi connectivity index (χ3n) is 5.67. The van der Waals surface area contributed by atoms with Crippen LogP contribution in [0.4, 0.5) is 13.2 Å². The zero-order valence-electron chi connectivity index (χ0n) is 22.7. The molecule has 0 fully saturated rings. The second-order valence-corrected chi connectivity index (χ2v) is 9.26. The van der Waals surface area contributed by atoms with Crippen LogP contribution < -0.4 is 5.32 Å². The molecule has 0 aliphatic rings. The van der Waals surface area contributed by atoms with Gasteiger partial charge in [-0.05, 0) is 49.1 Å². The molecule has 224 valence electrons. The molecule has 0 unspecified atom stereocenters. The third-order valence-corrected chi connectivity index (χ3v) is 5.94. The Balaban J connectivity index is 1.45. The van der Waals surface area contributed by atoms with E-state index in [0.29, 0.717) is 64.9 Å². The van der Waals surface area contributed by atoms with Crippen molar-refractivity contribution in [1.29, 1.82) is 0 Å². The van der Waals surface area contributed by atoms with Gasteiger partial charge in [-0.3, -0.25) is 14.8 Å². The average Bonchev–Trinajstić information content (AvgIpc) is 2.95. The highest BCUT2D eigenvalue weighted by atomic mass is 35.5. The first-order chi connectivity index (χ1) is 19.4. The molecule has 2 heterocycles. The lowest BCUT2D eigenvalue weighted by Gasteiger charge is -2.09. The van der Waals surface area contributed by atoms with Crippen LogP contribution in [0.3, 0.4) is 0 Å². The monoisotopic (exact) mass is 589 g/mol. The molecule has 0 aromatic carbocycles. The van der Waals surface area contributed by atoms with E-state index in [2.05, 4.69) is 15.3 Å². The fourth-order valence-corrected chi connectivity index (χ4v) is 3.73. The number of nitrogens with one attached hydrogen (secondary N) is 1. The Labute approximate surface area is 238 Å². The molecule has 0 aliphatic heterocycles. The van der Waals surface area contributed by atoms with E-state index in [0.717, 1.165) is 62.1 Å². The average molecular weight is 590 g/mol. The van der Waals surface area contributed by atoms with E-state index in [1.165, 1.54) is 6.20 Å². The van der Waals surface area contributed by atoms with Crippen LogP contribution in [0.2, 0.25) is 0 Å². The number of rotatable bonds is 22. The standard InChI is InChI=1S/C28H39ClF3N3O5/c29-9-3-1-2-4-13-37-15-17-39-19-20-40-18-16-38-14-12-35-27(36)6-5-23-7-10-33-25(21-23)26-22-24(8-11-34-26)28(30,31)32/h7-8,10-11,21-22H,1-6,9,12-20H2,(H,35,36). The molecule has 40 heavy (non-hydrogen) atoms. The Morgan fingerprint density at radius 1 is 0.775 bits per heavy atom. The lowest BCUT2D eigenvalue weighted by Crippen LogP contribution is -2.27. The van der Waals surface area contributed by atoms with Gasteiger partial charge < -0.3 is 24.3 Å². The number of aromatic nitrogens is 2. The van der Waals surface area contributed by atoms with Crippen molar-refractivity contribution >= 4 is 17.5 Å². The van der Waals surface area contributed by atoms with Gasteiger partial charge in [0.05, 0.1) is 63.2 Å². The predicted molar refractivity (Wildman–Crippen MR) is 146 cm³/mol. The summed E-state index contributed by atoms with van der Waals surface area (Å²) in [4.78, 5) is 20.2. The summed E-state index contributed by atoms with van der Waals surface area (Å²) in [5.74, 6) is 0.570. The number of unbranched alkanes of at least 4 members (excludes halogenated alkanes) is 3. The van der Waals surface area contributed by atoms with Crippen LogP contribution in [-0.4, -0.2) is 81.2 Å². The molecule has 8 nitrogen and oxygen atoms in total. The zero-order valence-corrected chi connectivity index (χ0v) is 23.5. The molecule has 1 amide bonds. The highest BCUT2D eigenvalue weighted by molar-refractivity contribution is 6.17. The van der Waals surface area contributed by atoms with E-state index >= 15 is 0 Å². The SMILES string of the molecule is O=C(CCc1ccnc(-c2cc(C(F)(F)F)ccn2)c1)NCCOCCOCCOCCOCCCCCCCl. The van der Waals surface area contributed by atoms with E-state index in [1.807, 2.05) is 0 Å². The molecular formula is C28H39ClF3N3O5. The number of nitrogens with zero attached hydrogens (tertiary/aromatic N) is 2. The second-order valence-electron chi connectivity index (χ2n) is 8.88. The molecule has 0 spiro atoms. The van der Waals surface area contributed by atoms with Crippen LogP contribution in [0.15, 0.2) is 36.7 Å². The van der Waals surface area contributed by atoms with Crippen LogP contribution in [0.25, 0.3) is 11.4 Å². The first-order valence-electron chi connectivity index (χ1n) is 13.5. The van der Waals surface area contributed by atoms with Gasteiger partial charge in [0.2, 0.25) is 5.91 Å². The summed E-state index contributed by atoms with van der Waals surface area (Å²) in [5, 5.41) is 2.78. The molecular weight excluding hydrogens is 551 g/mol. The lowest BCUT2D eigenvalue weighted by atomic mass is 10.1. The van der Waals surface area contributed by atoms with Crippen molar-refractivity contribution in [3.63, 3.8) is 0 Å². The minimum Gasteiger partial charge on any atom is -0.379 e. The minimum atomic E-state index is -4.46. The smallest absolute Gasteiger partial charge is 0.379 e. The lowest BCUT2D eigenvalue weighted by molar-refractivity contribution is -0.137.